The molecule has 0 fully saturated rings. The first-order chi connectivity index (χ1) is 28.8. The summed E-state index contributed by atoms with van der Waals surface area (Å²) in [6.07, 6.45) is 10.9. The van der Waals surface area contributed by atoms with Gasteiger partial charge < -0.3 is 9.13 Å². The highest BCUT2D eigenvalue weighted by molar-refractivity contribution is 6.10. The number of aryl methyl sites for hydroxylation is 1. The van der Waals surface area contributed by atoms with Crippen LogP contribution >= 0.6 is 0 Å². The Balaban J connectivity index is 1.04. The van der Waals surface area contributed by atoms with E-state index in [1.807, 2.05) is 24.3 Å². The molecule has 0 unspecified atom stereocenters. The van der Waals surface area contributed by atoms with Crippen molar-refractivity contribution in [1.29, 1.82) is 0 Å². The minimum Gasteiger partial charge on any atom is -0.310 e. The molecule has 11 rings (SSSR count). The van der Waals surface area contributed by atoms with E-state index >= 15 is 0 Å². The average molecular weight is 743 g/mol. The second kappa shape index (κ2) is 14.2. The number of fused-ring (bicyclic) bond motifs is 6. The third-order valence-electron chi connectivity index (χ3n) is 11.4. The number of hydrogen-bond donors (Lipinski definition) is 0. The van der Waals surface area contributed by atoms with E-state index < -0.39 is 0 Å². The Morgan fingerprint density at radius 3 is 1.67 bits per heavy atom. The molecule has 1 aliphatic carbocycles. The van der Waals surface area contributed by atoms with Crippen LogP contribution in [0.15, 0.2) is 200 Å². The van der Waals surface area contributed by atoms with Crippen molar-refractivity contribution in [1.82, 2.24) is 19.1 Å². The summed E-state index contributed by atoms with van der Waals surface area (Å²) < 4.78 is 4.83. The number of hydrogen-bond acceptors (Lipinski definition) is 2. The predicted octanol–water partition coefficient (Wildman–Crippen LogP) is 13.7. The number of aromatic nitrogens is 4. The van der Waals surface area contributed by atoms with Crippen LogP contribution in [0.4, 0.5) is 0 Å². The molecule has 0 amide bonds. The van der Waals surface area contributed by atoms with Crippen LogP contribution < -0.4 is 0 Å². The van der Waals surface area contributed by atoms with Crippen molar-refractivity contribution < 1.29 is 0 Å². The van der Waals surface area contributed by atoms with Crippen molar-refractivity contribution in [3.8, 4) is 56.4 Å². The van der Waals surface area contributed by atoms with Gasteiger partial charge in [-0.05, 0) is 84.1 Å². The standard InChI is InChI=1S/C54H38N4/c1-2-13-24-50-44(22-12-1)46-32-28-40(34-52(46)57(50)42-20-10-5-11-21-42)41-29-33-47-45-23-14-15-25-51(45)58(53(47)35-41)43-30-26-38(27-31-43)49-36-48(37-16-6-3-7-17-37)55-54(56-49)39-18-8-4-9-19-39/h1-11,13-21,23-36H,12,22H2/b2-1+,24-13-. The summed E-state index contributed by atoms with van der Waals surface area (Å²) in [6, 6.07) is 64.9. The fraction of sp³-hybridized carbons (Fsp3) is 0.0370. The number of allylic oxidation sites excluding steroid dienone is 3. The largest absolute Gasteiger partial charge is 0.310 e. The predicted molar refractivity (Wildman–Crippen MR) is 241 cm³/mol. The zero-order chi connectivity index (χ0) is 38.4. The van der Waals surface area contributed by atoms with Crippen LogP contribution in [-0.4, -0.2) is 19.1 Å². The molecule has 58 heavy (non-hydrogen) atoms. The van der Waals surface area contributed by atoms with Gasteiger partial charge in [0.05, 0.1) is 33.6 Å². The van der Waals surface area contributed by atoms with Crippen LogP contribution in [0.3, 0.4) is 0 Å². The van der Waals surface area contributed by atoms with Crippen LogP contribution in [0.5, 0.6) is 0 Å². The van der Waals surface area contributed by atoms with Crippen molar-refractivity contribution in [2.75, 3.05) is 0 Å². The molecule has 1 aliphatic rings. The SMILES string of the molecule is C1=C\c2c(c3ccc(-c4ccc5c6ccccc6n(-c6ccc(-c7cc(-c8ccccc8)nc(-c8ccccc8)n7)cc6)c5c4)cc3n2-c2ccccc2)CC/C=C/1. The first-order valence-corrected chi connectivity index (χ1v) is 20.0. The molecule has 274 valence electrons. The molecule has 3 aromatic heterocycles. The fourth-order valence-corrected chi connectivity index (χ4v) is 8.67. The van der Waals surface area contributed by atoms with Gasteiger partial charge in [0.25, 0.3) is 0 Å². The van der Waals surface area contributed by atoms with E-state index in [2.05, 4.69) is 191 Å². The highest BCUT2D eigenvalue weighted by atomic mass is 15.0. The van der Waals surface area contributed by atoms with Gasteiger partial charge in [0.2, 0.25) is 0 Å². The third-order valence-corrected chi connectivity index (χ3v) is 11.4. The Bertz CT molecular complexity index is 3130. The summed E-state index contributed by atoms with van der Waals surface area (Å²) in [6.45, 7) is 0. The maximum atomic E-state index is 5.09. The summed E-state index contributed by atoms with van der Waals surface area (Å²) in [7, 11) is 0. The first kappa shape index (κ1) is 33.8. The topological polar surface area (TPSA) is 35.6 Å². The molecule has 0 N–H and O–H groups in total. The second-order valence-corrected chi connectivity index (χ2v) is 14.9. The molecule has 7 aromatic carbocycles. The summed E-state index contributed by atoms with van der Waals surface area (Å²) in [5.41, 5.74) is 15.8. The lowest BCUT2D eigenvalue weighted by Gasteiger charge is -2.12. The van der Waals surface area contributed by atoms with Crippen molar-refractivity contribution in [3.63, 3.8) is 0 Å². The van der Waals surface area contributed by atoms with Crippen LogP contribution in [0.2, 0.25) is 0 Å². The van der Waals surface area contributed by atoms with Gasteiger partial charge in [0.15, 0.2) is 5.82 Å². The Hall–Kier alpha value is -7.56. The van der Waals surface area contributed by atoms with Gasteiger partial charge in [0.1, 0.15) is 0 Å². The monoisotopic (exact) mass is 742 g/mol. The van der Waals surface area contributed by atoms with Crippen LogP contribution in [-0.2, 0) is 6.42 Å². The molecule has 0 saturated carbocycles. The highest BCUT2D eigenvalue weighted by Crippen LogP contribution is 2.39. The Kier molecular flexibility index (Phi) is 8.25. The van der Waals surface area contributed by atoms with Crippen LogP contribution in [0.25, 0.3) is 95.2 Å². The normalized spacial score (nSPS) is 13.7. The van der Waals surface area contributed by atoms with Gasteiger partial charge in [-0.25, -0.2) is 9.97 Å². The van der Waals surface area contributed by atoms with E-state index in [0.717, 1.165) is 46.6 Å². The maximum absolute atomic E-state index is 5.09. The fourth-order valence-electron chi connectivity index (χ4n) is 8.67. The van der Waals surface area contributed by atoms with E-state index in [9.17, 15) is 0 Å². The number of rotatable bonds is 6. The Labute approximate surface area is 337 Å². The molecule has 0 radical (unpaired) electrons. The molecule has 4 heteroatoms. The molecule has 10 aromatic rings. The molecule has 4 nitrogen and oxygen atoms in total. The van der Waals surface area contributed by atoms with Crippen LogP contribution in [0, 0.1) is 0 Å². The molecular weight excluding hydrogens is 705 g/mol. The molecule has 0 aliphatic heterocycles. The van der Waals surface area contributed by atoms with E-state index in [-0.39, 0.29) is 0 Å². The number of benzene rings is 7. The molecule has 0 spiro atoms. The van der Waals surface area contributed by atoms with Crippen molar-refractivity contribution in [3.05, 3.63) is 211 Å². The average Bonchev–Trinajstić information content (AvgIpc) is 3.77. The van der Waals surface area contributed by atoms with Crippen molar-refractivity contribution >= 4 is 38.8 Å². The van der Waals surface area contributed by atoms with Crippen LogP contribution in [0.1, 0.15) is 17.7 Å². The number of nitrogens with zero attached hydrogens (tertiary/aromatic N) is 4. The van der Waals surface area contributed by atoms with E-state index in [1.165, 1.54) is 60.8 Å². The zero-order valence-electron chi connectivity index (χ0n) is 31.8. The summed E-state index contributed by atoms with van der Waals surface area (Å²) in [5.74, 6) is 0.713. The van der Waals surface area contributed by atoms with Gasteiger partial charge in [-0.1, -0.05) is 152 Å². The van der Waals surface area contributed by atoms with Gasteiger partial charge in [0, 0.05) is 44.2 Å². The second-order valence-electron chi connectivity index (χ2n) is 14.9. The first-order valence-electron chi connectivity index (χ1n) is 20.0. The lowest BCUT2D eigenvalue weighted by Crippen LogP contribution is -1.98. The quantitative estimate of drug-likeness (QED) is 0.170. The van der Waals surface area contributed by atoms with E-state index in [0.29, 0.717) is 5.82 Å². The lowest BCUT2D eigenvalue weighted by molar-refractivity contribution is 0.984. The van der Waals surface area contributed by atoms with E-state index in [4.69, 9.17) is 9.97 Å². The number of para-hydroxylation sites is 2. The molecule has 0 atom stereocenters. The van der Waals surface area contributed by atoms with Gasteiger partial charge in [-0.15, -0.1) is 0 Å². The lowest BCUT2D eigenvalue weighted by atomic mass is 9.99. The third kappa shape index (κ3) is 5.86. The van der Waals surface area contributed by atoms with Gasteiger partial charge >= 0.3 is 0 Å². The Morgan fingerprint density at radius 1 is 0.397 bits per heavy atom. The Morgan fingerprint density at radius 2 is 0.948 bits per heavy atom. The smallest absolute Gasteiger partial charge is 0.160 e. The highest BCUT2D eigenvalue weighted by Gasteiger charge is 2.19. The molecule has 3 heterocycles. The maximum Gasteiger partial charge on any atom is 0.160 e. The van der Waals surface area contributed by atoms with E-state index in [1.54, 1.807) is 0 Å². The minimum atomic E-state index is 0.713. The zero-order valence-corrected chi connectivity index (χ0v) is 31.8. The molecular formula is C54H38N4. The van der Waals surface area contributed by atoms with Gasteiger partial charge in [-0.3, -0.25) is 0 Å². The summed E-state index contributed by atoms with van der Waals surface area (Å²) in [5, 5.41) is 3.78. The minimum absolute atomic E-state index is 0.713. The van der Waals surface area contributed by atoms with Crippen molar-refractivity contribution in [2.24, 2.45) is 0 Å². The molecule has 0 bridgehead atoms. The summed E-state index contributed by atoms with van der Waals surface area (Å²) >= 11 is 0. The summed E-state index contributed by atoms with van der Waals surface area (Å²) in [4.78, 5) is 10.1. The van der Waals surface area contributed by atoms with Crippen molar-refractivity contribution in [2.45, 2.75) is 12.8 Å². The van der Waals surface area contributed by atoms with Gasteiger partial charge in [-0.2, -0.15) is 0 Å². The molecule has 0 saturated heterocycles.